The minimum absolute atomic E-state index is 0.0990. The molecule has 7 nitrogen and oxygen atoms in total. The highest BCUT2D eigenvalue weighted by molar-refractivity contribution is 6.07. The van der Waals surface area contributed by atoms with Gasteiger partial charge in [-0.3, -0.25) is 4.79 Å². The van der Waals surface area contributed by atoms with E-state index in [0.29, 0.717) is 30.3 Å². The second-order valence-electron chi connectivity index (χ2n) is 7.44. The first-order chi connectivity index (χ1) is 15.2. The van der Waals surface area contributed by atoms with E-state index >= 15 is 0 Å². The highest BCUT2D eigenvalue weighted by Gasteiger charge is 2.23. The highest BCUT2D eigenvalue weighted by Crippen LogP contribution is 2.33. The predicted octanol–water partition coefficient (Wildman–Crippen LogP) is 3.64. The van der Waals surface area contributed by atoms with Crippen molar-refractivity contribution in [1.82, 2.24) is 9.78 Å². The molecule has 0 amide bonds. The van der Waals surface area contributed by atoms with Gasteiger partial charge in [0.15, 0.2) is 17.3 Å². The summed E-state index contributed by atoms with van der Waals surface area (Å²) in [6, 6.07) is 15.3. The van der Waals surface area contributed by atoms with E-state index in [9.17, 15) is 4.79 Å². The van der Waals surface area contributed by atoms with Crippen LogP contribution in [0, 0.1) is 6.92 Å². The summed E-state index contributed by atoms with van der Waals surface area (Å²) >= 11 is 0. The van der Waals surface area contributed by atoms with E-state index in [-0.39, 0.29) is 12.6 Å². The SMILES string of the molecule is Cc1nn(-c2ccccc2)c(N2CCOCC2)c1/C=C/C(=O)c1ccc2c(c1)OCO2. The zero-order chi connectivity index (χ0) is 21.2. The number of para-hydroxylation sites is 1. The molecule has 0 spiro atoms. The molecule has 3 aromatic rings. The smallest absolute Gasteiger partial charge is 0.231 e. The Morgan fingerprint density at radius 1 is 1.03 bits per heavy atom. The van der Waals surface area contributed by atoms with Crippen molar-refractivity contribution in [3.63, 3.8) is 0 Å². The van der Waals surface area contributed by atoms with Gasteiger partial charge in [0.1, 0.15) is 5.82 Å². The van der Waals surface area contributed by atoms with E-state index < -0.39 is 0 Å². The van der Waals surface area contributed by atoms with Crippen LogP contribution in [0.4, 0.5) is 5.82 Å². The maximum atomic E-state index is 12.8. The van der Waals surface area contributed by atoms with Crippen molar-refractivity contribution >= 4 is 17.7 Å². The molecule has 2 aromatic carbocycles. The number of ether oxygens (including phenoxy) is 3. The molecule has 3 heterocycles. The summed E-state index contributed by atoms with van der Waals surface area (Å²) in [5, 5.41) is 4.79. The minimum atomic E-state index is -0.0990. The van der Waals surface area contributed by atoms with E-state index in [2.05, 4.69) is 4.90 Å². The molecule has 2 aliphatic heterocycles. The number of hydrogen-bond donors (Lipinski definition) is 0. The van der Waals surface area contributed by atoms with Gasteiger partial charge in [0.05, 0.1) is 24.6 Å². The lowest BCUT2D eigenvalue weighted by atomic mass is 10.1. The van der Waals surface area contributed by atoms with Crippen LogP contribution in [0.3, 0.4) is 0 Å². The molecule has 0 unspecified atom stereocenters. The molecule has 0 atom stereocenters. The zero-order valence-electron chi connectivity index (χ0n) is 17.3. The van der Waals surface area contributed by atoms with Gasteiger partial charge in [-0.1, -0.05) is 18.2 Å². The van der Waals surface area contributed by atoms with Gasteiger partial charge < -0.3 is 19.1 Å². The van der Waals surface area contributed by atoms with Crippen LogP contribution >= 0.6 is 0 Å². The van der Waals surface area contributed by atoms with Crippen LogP contribution in [0.5, 0.6) is 11.5 Å². The predicted molar refractivity (Wildman–Crippen MR) is 117 cm³/mol. The van der Waals surface area contributed by atoms with Crippen molar-refractivity contribution in [2.45, 2.75) is 6.92 Å². The first-order valence-electron chi connectivity index (χ1n) is 10.3. The van der Waals surface area contributed by atoms with Gasteiger partial charge in [0.2, 0.25) is 6.79 Å². The number of carbonyl (C=O) groups is 1. The van der Waals surface area contributed by atoms with Gasteiger partial charge in [-0.05, 0) is 49.4 Å². The molecule has 1 saturated heterocycles. The van der Waals surface area contributed by atoms with E-state index in [4.69, 9.17) is 19.3 Å². The van der Waals surface area contributed by atoms with Crippen LogP contribution in [0.25, 0.3) is 11.8 Å². The molecular formula is C24H23N3O4. The highest BCUT2D eigenvalue weighted by atomic mass is 16.7. The Labute approximate surface area is 180 Å². The molecule has 31 heavy (non-hydrogen) atoms. The standard InChI is InChI=1S/C24H23N3O4/c1-17-20(8-9-21(28)18-7-10-22-23(15-18)31-16-30-22)24(26-11-13-29-14-12-26)27(25-17)19-5-3-2-4-6-19/h2-10,15H,11-14,16H2,1H3/b9-8+. The summed E-state index contributed by atoms with van der Waals surface area (Å²) in [6.07, 6.45) is 3.46. The van der Waals surface area contributed by atoms with Crippen molar-refractivity contribution in [1.29, 1.82) is 0 Å². The van der Waals surface area contributed by atoms with Crippen LogP contribution in [-0.2, 0) is 4.74 Å². The monoisotopic (exact) mass is 417 g/mol. The maximum Gasteiger partial charge on any atom is 0.231 e. The number of morpholine rings is 1. The van der Waals surface area contributed by atoms with E-state index in [1.54, 1.807) is 24.3 Å². The number of aromatic nitrogens is 2. The second-order valence-corrected chi connectivity index (χ2v) is 7.44. The number of allylic oxidation sites excluding steroid dienone is 1. The van der Waals surface area contributed by atoms with E-state index in [0.717, 1.165) is 35.9 Å². The molecule has 0 aliphatic carbocycles. The molecule has 0 bridgehead atoms. The van der Waals surface area contributed by atoms with Gasteiger partial charge >= 0.3 is 0 Å². The Balaban J connectivity index is 1.50. The van der Waals surface area contributed by atoms with Gasteiger partial charge in [-0.25, -0.2) is 4.68 Å². The fourth-order valence-corrected chi connectivity index (χ4v) is 3.86. The average Bonchev–Trinajstić information content (AvgIpc) is 3.42. The van der Waals surface area contributed by atoms with Crippen molar-refractivity contribution in [2.24, 2.45) is 0 Å². The molecular weight excluding hydrogens is 394 g/mol. The first-order valence-corrected chi connectivity index (χ1v) is 10.3. The third-order valence-electron chi connectivity index (χ3n) is 5.45. The van der Waals surface area contributed by atoms with Crippen molar-refractivity contribution in [2.75, 3.05) is 38.0 Å². The number of rotatable bonds is 5. The van der Waals surface area contributed by atoms with Gasteiger partial charge in [-0.15, -0.1) is 0 Å². The van der Waals surface area contributed by atoms with E-state index in [1.165, 1.54) is 0 Å². The number of fused-ring (bicyclic) bond motifs is 1. The summed E-state index contributed by atoms with van der Waals surface area (Å²) in [5.41, 5.74) is 3.33. The summed E-state index contributed by atoms with van der Waals surface area (Å²) in [7, 11) is 0. The Hall–Kier alpha value is -3.58. The molecule has 0 saturated carbocycles. The van der Waals surface area contributed by atoms with Crippen LogP contribution in [0.15, 0.2) is 54.6 Å². The quantitative estimate of drug-likeness (QED) is 0.467. The summed E-state index contributed by atoms with van der Waals surface area (Å²) < 4.78 is 18.2. The third-order valence-corrected chi connectivity index (χ3v) is 5.45. The molecule has 0 N–H and O–H groups in total. The van der Waals surface area contributed by atoms with Gasteiger partial charge in [0.25, 0.3) is 0 Å². The van der Waals surface area contributed by atoms with Crippen LogP contribution in [-0.4, -0.2) is 48.7 Å². The number of anilines is 1. The topological polar surface area (TPSA) is 65.8 Å². The molecule has 0 radical (unpaired) electrons. The van der Waals surface area contributed by atoms with Crippen molar-refractivity contribution in [3.05, 3.63) is 71.4 Å². The molecule has 1 fully saturated rings. The second kappa shape index (κ2) is 8.28. The van der Waals surface area contributed by atoms with Crippen molar-refractivity contribution < 1.29 is 19.0 Å². The van der Waals surface area contributed by atoms with Crippen LogP contribution in [0.2, 0.25) is 0 Å². The lowest BCUT2D eigenvalue weighted by Gasteiger charge is -2.29. The van der Waals surface area contributed by atoms with Crippen LogP contribution < -0.4 is 14.4 Å². The molecule has 1 aromatic heterocycles. The number of hydrogen-bond acceptors (Lipinski definition) is 6. The van der Waals surface area contributed by atoms with E-state index in [1.807, 2.05) is 48.0 Å². The lowest BCUT2D eigenvalue weighted by Crippen LogP contribution is -2.37. The molecule has 5 rings (SSSR count). The molecule has 7 heteroatoms. The fraction of sp³-hybridized carbons (Fsp3) is 0.250. The number of benzene rings is 2. The number of aryl methyl sites for hydroxylation is 1. The molecule has 2 aliphatic rings. The minimum Gasteiger partial charge on any atom is -0.454 e. The average molecular weight is 417 g/mol. The fourth-order valence-electron chi connectivity index (χ4n) is 3.86. The number of carbonyl (C=O) groups excluding carboxylic acids is 1. The van der Waals surface area contributed by atoms with Gasteiger partial charge in [-0.2, -0.15) is 5.10 Å². The van der Waals surface area contributed by atoms with Crippen LogP contribution in [0.1, 0.15) is 21.6 Å². The lowest BCUT2D eigenvalue weighted by molar-refractivity contribution is 0.104. The normalized spacial score (nSPS) is 15.6. The first kappa shape index (κ1) is 19.4. The summed E-state index contributed by atoms with van der Waals surface area (Å²) in [5.74, 6) is 2.14. The number of ketones is 1. The summed E-state index contributed by atoms with van der Waals surface area (Å²) in [4.78, 5) is 15.1. The van der Waals surface area contributed by atoms with Gasteiger partial charge in [0, 0.05) is 24.2 Å². The third kappa shape index (κ3) is 3.80. The van der Waals surface area contributed by atoms with Crippen molar-refractivity contribution in [3.8, 4) is 17.2 Å². The Morgan fingerprint density at radius 3 is 2.61 bits per heavy atom. The Kier molecular flexibility index (Phi) is 5.18. The Bertz CT molecular complexity index is 1130. The zero-order valence-corrected chi connectivity index (χ0v) is 17.3. The molecule has 158 valence electrons. The Morgan fingerprint density at radius 2 is 1.81 bits per heavy atom. The maximum absolute atomic E-state index is 12.8. The summed E-state index contributed by atoms with van der Waals surface area (Å²) in [6.45, 7) is 5.03. The largest absolute Gasteiger partial charge is 0.454 e. The number of nitrogens with zero attached hydrogens (tertiary/aromatic N) is 3.